The van der Waals surface area contributed by atoms with Crippen LogP contribution in [-0.4, -0.2) is 24.9 Å². The summed E-state index contributed by atoms with van der Waals surface area (Å²) < 4.78 is 32.1. The molecule has 0 radical (unpaired) electrons. The Balaban J connectivity index is 1.57. The van der Waals surface area contributed by atoms with Gasteiger partial charge in [-0.2, -0.15) is 8.42 Å². The first-order valence-electron chi connectivity index (χ1n) is 13.4. The lowest BCUT2D eigenvalue weighted by Crippen LogP contribution is -2.26. The minimum Gasteiger partial charge on any atom is -0.378 e. The molecule has 11 heteroatoms. The van der Waals surface area contributed by atoms with Crippen LogP contribution in [0, 0.1) is 17.0 Å². The van der Waals surface area contributed by atoms with Crippen molar-refractivity contribution >= 4 is 50.1 Å². The van der Waals surface area contributed by atoms with Crippen LogP contribution in [0.5, 0.6) is 5.75 Å². The van der Waals surface area contributed by atoms with E-state index in [9.17, 15) is 28.1 Å². The summed E-state index contributed by atoms with van der Waals surface area (Å²) in [7, 11) is -4.46. The Kier molecular flexibility index (Phi) is 7.15. The van der Waals surface area contributed by atoms with Gasteiger partial charge in [-0.1, -0.05) is 54.1 Å². The zero-order valence-electron chi connectivity index (χ0n) is 23.1. The topological polar surface area (TPSA) is 145 Å². The summed E-state index contributed by atoms with van der Waals surface area (Å²) in [5.74, 6) is -2.09. The highest BCUT2D eigenvalue weighted by Gasteiger charge is 2.42. The number of nitrogens with one attached hydrogen (secondary N) is 2. The second-order valence-corrected chi connectivity index (χ2v) is 11.5. The molecule has 5 aromatic carbocycles. The molecule has 0 bridgehead atoms. The third-order valence-electron chi connectivity index (χ3n) is 7.07. The van der Waals surface area contributed by atoms with Crippen molar-refractivity contribution in [1.82, 2.24) is 0 Å². The molecule has 6 rings (SSSR count). The van der Waals surface area contributed by atoms with Crippen molar-refractivity contribution in [2.24, 2.45) is 0 Å². The predicted octanol–water partition coefficient (Wildman–Crippen LogP) is 6.93. The largest absolute Gasteiger partial charge is 0.378 e. The Morgan fingerprint density at radius 2 is 1.14 bits per heavy atom. The lowest BCUT2D eigenvalue weighted by atomic mass is 9.81. The quantitative estimate of drug-likeness (QED) is 0.107. The monoisotopic (exact) mass is 605 g/mol. The fourth-order valence-corrected chi connectivity index (χ4v) is 5.95. The van der Waals surface area contributed by atoms with Gasteiger partial charge >= 0.3 is 10.1 Å². The normalized spacial score (nSPS) is 12.2. The van der Waals surface area contributed by atoms with E-state index in [1.54, 1.807) is 79.7 Å². The summed E-state index contributed by atoms with van der Waals surface area (Å²) in [6, 6.07) is 28.7. The van der Waals surface area contributed by atoms with Gasteiger partial charge in [0.25, 0.3) is 5.69 Å². The summed E-state index contributed by atoms with van der Waals surface area (Å²) in [6.45, 7) is 1.79. The lowest BCUT2D eigenvalue weighted by molar-refractivity contribution is -0.385. The Hall–Kier alpha value is -5.81. The van der Waals surface area contributed by atoms with Crippen LogP contribution in [0.4, 0.5) is 28.4 Å². The number of aryl methyl sites for hydroxylation is 1. The molecule has 5 aromatic rings. The molecule has 0 saturated heterocycles. The third-order valence-corrected chi connectivity index (χ3v) is 8.32. The first-order chi connectivity index (χ1) is 21.1. The SMILES string of the molecule is Cc1ccc(S(=O)(=O)Oc2ccc(Nc3ccccc3)c3c2C(=O)c2c([N+](=O)[O-])ccc(Nc4ccccc4)c2C3=O)cc1. The van der Waals surface area contributed by atoms with E-state index in [2.05, 4.69) is 10.6 Å². The van der Waals surface area contributed by atoms with Crippen LogP contribution in [0.15, 0.2) is 114 Å². The van der Waals surface area contributed by atoms with E-state index < -0.39 is 49.2 Å². The molecule has 0 spiro atoms. The zero-order valence-corrected chi connectivity index (χ0v) is 23.9. The Morgan fingerprint density at radius 1 is 0.636 bits per heavy atom. The predicted molar refractivity (Wildman–Crippen MR) is 165 cm³/mol. The Labute approximate surface area is 252 Å². The van der Waals surface area contributed by atoms with E-state index >= 15 is 0 Å². The van der Waals surface area contributed by atoms with Gasteiger partial charge in [-0.3, -0.25) is 19.7 Å². The van der Waals surface area contributed by atoms with Crippen molar-refractivity contribution in [3.63, 3.8) is 0 Å². The highest BCUT2D eigenvalue weighted by molar-refractivity contribution is 7.87. The van der Waals surface area contributed by atoms with Crippen molar-refractivity contribution in [3.05, 3.63) is 147 Å². The summed E-state index contributed by atoms with van der Waals surface area (Å²) in [6.07, 6.45) is 0. The van der Waals surface area contributed by atoms with E-state index in [1.165, 1.54) is 30.3 Å². The fourth-order valence-electron chi connectivity index (χ4n) is 5.01. The highest BCUT2D eigenvalue weighted by Crippen LogP contribution is 2.44. The molecule has 0 saturated carbocycles. The number of fused-ring (bicyclic) bond motifs is 2. The number of nitro groups is 1. The van der Waals surface area contributed by atoms with E-state index in [-0.39, 0.29) is 27.4 Å². The van der Waals surface area contributed by atoms with Crippen molar-refractivity contribution in [2.45, 2.75) is 11.8 Å². The average Bonchev–Trinajstić information content (AvgIpc) is 3.01. The Morgan fingerprint density at radius 3 is 1.68 bits per heavy atom. The number of nitrogens with zero attached hydrogens (tertiary/aromatic N) is 1. The maximum absolute atomic E-state index is 14.4. The van der Waals surface area contributed by atoms with E-state index in [0.717, 1.165) is 11.6 Å². The van der Waals surface area contributed by atoms with Crippen molar-refractivity contribution < 1.29 is 27.1 Å². The molecule has 218 valence electrons. The average molecular weight is 606 g/mol. The Bertz CT molecular complexity index is 2060. The number of para-hydroxylation sites is 2. The number of nitro benzene ring substituents is 1. The molecule has 0 aliphatic heterocycles. The number of hydrogen-bond donors (Lipinski definition) is 2. The van der Waals surface area contributed by atoms with E-state index in [1.807, 2.05) is 0 Å². The van der Waals surface area contributed by atoms with Gasteiger partial charge in [-0.25, -0.2) is 0 Å². The van der Waals surface area contributed by atoms with Gasteiger partial charge in [0.15, 0.2) is 11.5 Å². The number of carbonyl (C=O) groups is 2. The minimum atomic E-state index is -4.46. The summed E-state index contributed by atoms with van der Waals surface area (Å²) in [5.41, 5.74) is 0.481. The van der Waals surface area contributed by atoms with Crippen LogP contribution in [0.1, 0.15) is 37.4 Å². The summed E-state index contributed by atoms with van der Waals surface area (Å²) in [5, 5.41) is 18.3. The van der Waals surface area contributed by atoms with Crippen LogP contribution in [0.3, 0.4) is 0 Å². The minimum absolute atomic E-state index is 0.168. The van der Waals surface area contributed by atoms with E-state index in [4.69, 9.17) is 4.18 Å². The molecule has 1 aliphatic rings. The van der Waals surface area contributed by atoms with Crippen molar-refractivity contribution in [3.8, 4) is 5.75 Å². The standard InChI is InChI=1S/C33H23N3O7S/c1-20-12-14-23(15-13-20)44(41,42)43-27-19-17-25(35-22-10-6-3-7-11-22)29-31(27)33(38)30-26(36(39)40)18-16-24(28(30)32(29)37)34-21-8-4-2-5-9-21/h2-19,34-35H,1H3. The molecular weight excluding hydrogens is 582 g/mol. The van der Waals surface area contributed by atoms with Gasteiger partial charge < -0.3 is 14.8 Å². The number of anilines is 4. The van der Waals surface area contributed by atoms with Crippen molar-refractivity contribution in [2.75, 3.05) is 10.6 Å². The first kappa shape index (κ1) is 28.3. The van der Waals surface area contributed by atoms with Crippen molar-refractivity contribution in [1.29, 1.82) is 0 Å². The number of hydrogen-bond acceptors (Lipinski definition) is 9. The fraction of sp³-hybridized carbons (Fsp3) is 0.0303. The molecule has 44 heavy (non-hydrogen) atoms. The van der Waals surface area contributed by atoms with E-state index in [0.29, 0.717) is 11.4 Å². The second-order valence-electron chi connectivity index (χ2n) is 9.99. The van der Waals surface area contributed by atoms with Gasteiger partial charge in [0.2, 0.25) is 5.78 Å². The molecule has 0 heterocycles. The molecule has 0 aromatic heterocycles. The number of ketones is 2. The van der Waals surface area contributed by atoms with Gasteiger partial charge in [0.05, 0.1) is 33.0 Å². The molecule has 0 atom stereocenters. The lowest BCUT2D eigenvalue weighted by Gasteiger charge is -2.25. The zero-order chi connectivity index (χ0) is 31.0. The van der Waals surface area contributed by atoms with Crippen LogP contribution in [0.2, 0.25) is 0 Å². The third kappa shape index (κ3) is 5.16. The van der Waals surface area contributed by atoms with Crippen LogP contribution in [-0.2, 0) is 10.1 Å². The first-order valence-corrected chi connectivity index (χ1v) is 14.8. The molecular formula is C33H23N3O7S. The van der Waals surface area contributed by atoms with Crippen LogP contribution >= 0.6 is 0 Å². The maximum Gasteiger partial charge on any atom is 0.339 e. The molecule has 1 aliphatic carbocycles. The molecule has 0 unspecified atom stereocenters. The second kappa shape index (κ2) is 11.1. The van der Waals surface area contributed by atoms with Gasteiger partial charge in [-0.05, 0) is 61.5 Å². The molecule has 0 fully saturated rings. The smallest absolute Gasteiger partial charge is 0.339 e. The number of benzene rings is 5. The van der Waals surface area contributed by atoms with Crippen LogP contribution < -0.4 is 14.8 Å². The molecule has 10 nitrogen and oxygen atoms in total. The number of rotatable bonds is 8. The summed E-state index contributed by atoms with van der Waals surface area (Å²) in [4.78, 5) is 39.9. The van der Waals surface area contributed by atoms with Gasteiger partial charge in [-0.15, -0.1) is 0 Å². The van der Waals surface area contributed by atoms with Crippen LogP contribution in [0.25, 0.3) is 0 Å². The van der Waals surface area contributed by atoms with Gasteiger partial charge in [0.1, 0.15) is 10.5 Å². The highest BCUT2D eigenvalue weighted by atomic mass is 32.2. The number of carbonyl (C=O) groups excluding carboxylic acids is 2. The maximum atomic E-state index is 14.4. The van der Waals surface area contributed by atoms with Gasteiger partial charge in [0, 0.05) is 17.4 Å². The summed E-state index contributed by atoms with van der Waals surface area (Å²) >= 11 is 0. The molecule has 0 amide bonds. The molecule has 2 N–H and O–H groups in total.